The third-order valence-electron chi connectivity index (χ3n) is 4.90. The Balaban J connectivity index is 1.70. The maximum Gasteiger partial charge on any atom is 0.220 e. The molecule has 2 N–H and O–H groups in total. The van der Waals surface area contributed by atoms with Crippen LogP contribution in [0.2, 0.25) is 0 Å². The Morgan fingerprint density at radius 3 is 2.43 bits per heavy atom. The lowest BCUT2D eigenvalue weighted by Gasteiger charge is -2.26. The predicted octanol–water partition coefficient (Wildman–Crippen LogP) is 3.17. The molecular weight excluding hydrogens is 260 g/mol. The number of anilines is 2. The van der Waals surface area contributed by atoms with E-state index < -0.39 is 0 Å². The average molecular weight is 280 g/mol. The first-order valence-corrected chi connectivity index (χ1v) is 7.70. The van der Waals surface area contributed by atoms with Gasteiger partial charge in [0, 0.05) is 29.5 Å². The number of nitrogen functional groups attached to an aromatic ring is 1. The van der Waals surface area contributed by atoms with Gasteiger partial charge in [-0.05, 0) is 56.4 Å². The smallest absolute Gasteiger partial charge is 0.220 e. The minimum absolute atomic E-state index is 0.326. The molecule has 4 heteroatoms. The van der Waals surface area contributed by atoms with Crippen LogP contribution in [-0.4, -0.2) is 22.1 Å². The number of aromatic nitrogens is 2. The normalized spacial score (nSPS) is 23.8. The van der Waals surface area contributed by atoms with Gasteiger partial charge in [-0.2, -0.15) is 0 Å². The zero-order valence-corrected chi connectivity index (χ0v) is 12.3. The van der Waals surface area contributed by atoms with Gasteiger partial charge in [0.25, 0.3) is 0 Å². The van der Waals surface area contributed by atoms with Gasteiger partial charge in [0.1, 0.15) is 0 Å². The van der Waals surface area contributed by atoms with Gasteiger partial charge in [-0.3, -0.25) is 0 Å². The van der Waals surface area contributed by atoms with Crippen LogP contribution in [0.4, 0.5) is 11.6 Å². The lowest BCUT2D eigenvalue weighted by atomic mass is 10.0. The van der Waals surface area contributed by atoms with Crippen LogP contribution >= 0.6 is 0 Å². The Hall–Kier alpha value is -2.10. The van der Waals surface area contributed by atoms with E-state index in [1.807, 2.05) is 6.07 Å². The first-order valence-electron chi connectivity index (χ1n) is 7.70. The van der Waals surface area contributed by atoms with Crippen molar-refractivity contribution >= 4 is 11.6 Å². The first-order chi connectivity index (χ1) is 10.2. The van der Waals surface area contributed by atoms with Gasteiger partial charge >= 0.3 is 0 Å². The summed E-state index contributed by atoms with van der Waals surface area (Å²) in [6.45, 7) is 2.20. The fraction of sp³-hybridized carbons (Fsp3) is 0.412. The summed E-state index contributed by atoms with van der Waals surface area (Å²) in [6.07, 6.45) is 7.13. The van der Waals surface area contributed by atoms with Crippen LogP contribution < -0.4 is 10.6 Å². The highest BCUT2D eigenvalue weighted by Crippen LogP contribution is 2.42. The highest BCUT2D eigenvalue weighted by Gasteiger charge is 2.39. The van der Waals surface area contributed by atoms with Gasteiger partial charge in [-0.25, -0.2) is 9.97 Å². The van der Waals surface area contributed by atoms with Gasteiger partial charge in [0.2, 0.25) is 5.95 Å². The van der Waals surface area contributed by atoms with Gasteiger partial charge < -0.3 is 10.6 Å². The van der Waals surface area contributed by atoms with Crippen molar-refractivity contribution in [2.24, 2.45) is 0 Å². The summed E-state index contributed by atoms with van der Waals surface area (Å²) >= 11 is 0. The van der Waals surface area contributed by atoms with Gasteiger partial charge in [0.05, 0.1) is 5.69 Å². The van der Waals surface area contributed by atoms with Crippen LogP contribution in [0.25, 0.3) is 11.3 Å². The summed E-state index contributed by atoms with van der Waals surface area (Å²) < 4.78 is 0. The first kappa shape index (κ1) is 12.6. The van der Waals surface area contributed by atoms with E-state index in [2.05, 4.69) is 40.0 Å². The summed E-state index contributed by atoms with van der Waals surface area (Å²) in [5.41, 5.74) is 10.4. The summed E-state index contributed by atoms with van der Waals surface area (Å²) in [4.78, 5) is 10.9. The predicted molar refractivity (Wildman–Crippen MR) is 85.1 cm³/mol. The highest BCUT2D eigenvalue weighted by molar-refractivity contribution is 5.67. The van der Waals surface area contributed by atoms with E-state index in [0.717, 1.165) is 23.3 Å². The number of aryl methyl sites for hydroxylation is 1. The van der Waals surface area contributed by atoms with Crippen LogP contribution in [0.15, 0.2) is 30.5 Å². The van der Waals surface area contributed by atoms with Crippen LogP contribution in [0.3, 0.4) is 0 Å². The van der Waals surface area contributed by atoms with E-state index in [4.69, 9.17) is 5.73 Å². The van der Waals surface area contributed by atoms with Crippen molar-refractivity contribution in [3.05, 3.63) is 36.0 Å². The lowest BCUT2D eigenvalue weighted by molar-refractivity contribution is 0.576. The average Bonchev–Trinajstić information content (AvgIpc) is 3.07. The van der Waals surface area contributed by atoms with Crippen molar-refractivity contribution in [3.8, 4) is 11.3 Å². The summed E-state index contributed by atoms with van der Waals surface area (Å²) in [7, 11) is 0. The van der Waals surface area contributed by atoms with E-state index in [9.17, 15) is 0 Å². The molecule has 2 aliphatic heterocycles. The van der Waals surface area contributed by atoms with E-state index in [1.165, 1.54) is 36.9 Å². The molecule has 2 aromatic rings. The largest absolute Gasteiger partial charge is 0.368 e. The van der Waals surface area contributed by atoms with Crippen LogP contribution in [-0.2, 0) is 0 Å². The number of hydrogen-bond donors (Lipinski definition) is 1. The standard InChI is InChI=1S/C17H20N4/c1-11-10-12(15-8-9-19-17(18)20-15)2-7-16(11)21-13-3-4-14(21)6-5-13/h2,7-10,13-14H,3-6H2,1H3,(H2,18,19,20). The van der Waals surface area contributed by atoms with Crippen LogP contribution in [0.5, 0.6) is 0 Å². The SMILES string of the molecule is Cc1cc(-c2ccnc(N)n2)ccc1N1C2CCC1CC2. The maximum atomic E-state index is 5.68. The minimum atomic E-state index is 0.326. The molecule has 0 amide bonds. The Bertz CT molecular complexity index is 662. The minimum Gasteiger partial charge on any atom is -0.368 e. The molecule has 108 valence electrons. The molecule has 2 saturated heterocycles. The molecule has 3 heterocycles. The Labute approximate surface area is 125 Å². The van der Waals surface area contributed by atoms with Crippen molar-refractivity contribution < 1.29 is 0 Å². The second-order valence-electron chi connectivity index (χ2n) is 6.17. The van der Waals surface area contributed by atoms with Crippen LogP contribution in [0, 0.1) is 6.92 Å². The summed E-state index contributed by atoms with van der Waals surface area (Å²) in [5.74, 6) is 0.326. The molecule has 0 radical (unpaired) electrons. The molecule has 0 atom stereocenters. The monoisotopic (exact) mass is 280 g/mol. The fourth-order valence-corrected chi connectivity index (χ4v) is 3.95. The Morgan fingerprint density at radius 1 is 1.10 bits per heavy atom. The van der Waals surface area contributed by atoms with E-state index in [-0.39, 0.29) is 0 Å². The second-order valence-corrected chi connectivity index (χ2v) is 6.17. The van der Waals surface area contributed by atoms with E-state index in [0.29, 0.717) is 5.95 Å². The summed E-state index contributed by atoms with van der Waals surface area (Å²) in [5, 5.41) is 0. The van der Waals surface area contributed by atoms with Crippen molar-refractivity contribution in [2.75, 3.05) is 10.6 Å². The molecule has 0 saturated carbocycles. The quantitative estimate of drug-likeness (QED) is 0.918. The molecule has 2 bridgehead atoms. The maximum absolute atomic E-state index is 5.68. The molecule has 2 fully saturated rings. The van der Waals surface area contributed by atoms with Crippen LogP contribution in [0.1, 0.15) is 31.2 Å². The van der Waals surface area contributed by atoms with Gasteiger partial charge in [0.15, 0.2) is 0 Å². The highest BCUT2D eigenvalue weighted by atomic mass is 15.2. The summed E-state index contributed by atoms with van der Waals surface area (Å²) in [6, 6.07) is 10.0. The number of rotatable bonds is 2. The van der Waals surface area contributed by atoms with Crippen molar-refractivity contribution in [1.82, 2.24) is 9.97 Å². The third kappa shape index (κ3) is 2.06. The van der Waals surface area contributed by atoms with Gasteiger partial charge in [-0.1, -0.05) is 6.07 Å². The number of nitrogens with two attached hydrogens (primary N) is 1. The number of benzene rings is 1. The lowest BCUT2D eigenvalue weighted by Crippen LogP contribution is -2.28. The molecule has 2 aliphatic rings. The topological polar surface area (TPSA) is 55.0 Å². The fourth-order valence-electron chi connectivity index (χ4n) is 3.95. The number of nitrogens with zero attached hydrogens (tertiary/aromatic N) is 3. The van der Waals surface area contributed by atoms with E-state index >= 15 is 0 Å². The molecule has 0 spiro atoms. The number of fused-ring (bicyclic) bond motifs is 2. The molecular formula is C17H20N4. The van der Waals surface area contributed by atoms with Crippen molar-refractivity contribution in [3.63, 3.8) is 0 Å². The zero-order valence-electron chi connectivity index (χ0n) is 12.3. The molecule has 0 unspecified atom stereocenters. The van der Waals surface area contributed by atoms with Crippen molar-refractivity contribution in [2.45, 2.75) is 44.7 Å². The Kier molecular flexibility index (Phi) is 2.84. The zero-order chi connectivity index (χ0) is 14.4. The Morgan fingerprint density at radius 2 is 1.81 bits per heavy atom. The molecule has 1 aromatic heterocycles. The third-order valence-corrected chi connectivity index (χ3v) is 4.90. The molecule has 0 aliphatic carbocycles. The molecule has 4 nitrogen and oxygen atoms in total. The van der Waals surface area contributed by atoms with Crippen molar-refractivity contribution in [1.29, 1.82) is 0 Å². The number of hydrogen-bond acceptors (Lipinski definition) is 4. The molecule has 1 aromatic carbocycles. The second kappa shape index (κ2) is 4.72. The molecule has 4 rings (SSSR count). The van der Waals surface area contributed by atoms with E-state index in [1.54, 1.807) is 6.20 Å². The molecule has 21 heavy (non-hydrogen) atoms. The van der Waals surface area contributed by atoms with Gasteiger partial charge in [-0.15, -0.1) is 0 Å².